The van der Waals surface area contributed by atoms with Gasteiger partial charge >= 0.3 is 0 Å². The van der Waals surface area contributed by atoms with Gasteiger partial charge < -0.3 is 15.1 Å². The lowest BCUT2D eigenvalue weighted by Gasteiger charge is -2.24. The lowest BCUT2D eigenvalue weighted by Crippen LogP contribution is -2.34. The maximum atomic E-state index is 12.7. The van der Waals surface area contributed by atoms with Crippen molar-refractivity contribution in [2.24, 2.45) is 0 Å². The number of aromatic nitrogens is 3. The van der Waals surface area contributed by atoms with Crippen LogP contribution < -0.4 is 0 Å². The van der Waals surface area contributed by atoms with E-state index in [1.807, 2.05) is 19.1 Å². The molecule has 0 fully saturated rings. The number of aromatic hydroxyl groups is 1. The van der Waals surface area contributed by atoms with Gasteiger partial charge in [-0.25, -0.2) is 0 Å². The molecule has 134 valence electrons. The second-order valence-electron chi connectivity index (χ2n) is 5.87. The quantitative estimate of drug-likeness (QED) is 0.709. The minimum Gasteiger partial charge on any atom is -0.508 e. The highest BCUT2D eigenvalue weighted by Gasteiger charge is 2.19. The van der Waals surface area contributed by atoms with Crippen LogP contribution >= 0.6 is 0 Å². The summed E-state index contributed by atoms with van der Waals surface area (Å²) in [6, 6.07) is 13.5. The van der Waals surface area contributed by atoms with E-state index < -0.39 is 6.10 Å². The van der Waals surface area contributed by atoms with E-state index in [0.717, 1.165) is 5.69 Å². The van der Waals surface area contributed by atoms with Crippen LogP contribution in [0.3, 0.4) is 0 Å². The van der Waals surface area contributed by atoms with Crippen LogP contribution in [-0.4, -0.2) is 48.9 Å². The summed E-state index contributed by atoms with van der Waals surface area (Å²) in [6.45, 7) is 2.46. The number of phenols is 1. The fourth-order valence-corrected chi connectivity index (χ4v) is 2.69. The molecule has 2 N–H and O–H groups in total. The van der Waals surface area contributed by atoms with Gasteiger partial charge in [0.05, 0.1) is 12.6 Å². The van der Waals surface area contributed by atoms with Crippen LogP contribution in [0.15, 0.2) is 61.2 Å². The van der Waals surface area contributed by atoms with Crippen molar-refractivity contribution in [3.8, 4) is 11.4 Å². The molecular weight excluding hydrogens is 332 g/mol. The summed E-state index contributed by atoms with van der Waals surface area (Å²) < 4.78 is 1.75. The van der Waals surface area contributed by atoms with E-state index in [9.17, 15) is 15.0 Å². The van der Waals surface area contributed by atoms with E-state index in [-0.39, 0.29) is 18.2 Å². The number of amides is 1. The number of phenolic OH excluding ortho intramolecular Hbond substituents is 1. The molecule has 1 atom stereocenters. The first-order valence-corrected chi connectivity index (χ1v) is 8.30. The first kappa shape index (κ1) is 17.6. The Hall–Kier alpha value is -3.19. The Morgan fingerprint density at radius 1 is 1.15 bits per heavy atom. The molecule has 1 unspecified atom stereocenters. The van der Waals surface area contributed by atoms with E-state index in [4.69, 9.17) is 0 Å². The molecule has 0 radical (unpaired) electrons. The van der Waals surface area contributed by atoms with Gasteiger partial charge in [0.2, 0.25) is 0 Å². The highest BCUT2D eigenvalue weighted by Crippen LogP contribution is 2.20. The number of aliphatic hydroxyl groups excluding tert-OH is 1. The number of hydrogen-bond donors (Lipinski definition) is 2. The zero-order valence-corrected chi connectivity index (χ0v) is 14.4. The second-order valence-corrected chi connectivity index (χ2v) is 5.87. The summed E-state index contributed by atoms with van der Waals surface area (Å²) in [7, 11) is 0. The van der Waals surface area contributed by atoms with Gasteiger partial charge in [-0.05, 0) is 48.9 Å². The standard InChI is InChI=1S/C19H20N4O3/c1-2-22(11-18(25)15-4-3-5-17(24)10-15)19(26)14-6-8-16(9-7-14)23-12-20-21-13-23/h3-10,12-13,18,24-25H,2,11H2,1H3. The number of rotatable bonds is 6. The van der Waals surface area contributed by atoms with Gasteiger partial charge in [0, 0.05) is 17.8 Å². The van der Waals surface area contributed by atoms with Crippen molar-refractivity contribution < 1.29 is 15.0 Å². The van der Waals surface area contributed by atoms with Crippen molar-refractivity contribution >= 4 is 5.91 Å². The van der Waals surface area contributed by atoms with Crippen LogP contribution in [0, 0.1) is 0 Å². The third-order valence-electron chi connectivity index (χ3n) is 4.15. The topological polar surface area (TPSA) is 91.5 Å². The van der Waals surface area contributed by atoms with Crippen LogP contribution in [0.2, 0.25) is 0 Å². The SMILES string of the molecule is CCN(CC(O)c1cccc(O)c1)C(=O)c1ccc(-n2cnnc2)cc1. The molecule has 7 heteroatoms. The number of hydrogen-bond acceptors (Lipinski definition) is 5. The predicted octanol–water partition coefficient (Wildman–Crippen LogP) is 2.17. The Morgan fingerprint density at radius 3 is 2.46 bits per heavy atom. The molecule has 0 aliphatic rings. The number of aliphatic hydroxyl groups is 1. The average Bonchev–Trinajstić information content (AvgIpc) is 3.20. The molecule has 1 aromatic heterocycles. The van der Waals surface area contributed by atoms with Gasteiger partial charge in [0.25, 0.3) is 5.91 Å². The number of carbonyl (C=O) groups is 1. The molecule has 0 saturated carbocycles. The third-order valence-corrected chi connectivity index (χ3v) is 4.15. The molecule has 0 aliphatic carbocycles. The van der Waals surface area contributed by atoms with Crippen LogP contribution in [-0.2, 0) is 0 Å². The zero-order valence-electron chi connectivity index (χ0n) is 14.4. The minimum atomic E-state index is -0.873. The zero-order chi connectivity index (χ0) is 18.5. The van der Waals surface area contributed by atoms with Gasteiger partial charge in [-0.15, -0.1) is 10.2 Å². The molecule has 7 nitrogen and oxygen atoms in total. The maximum Gasteiger partial charge on any atom is 0.253 e. The maximum absolute atomic E-state index is 12.7. The molecule has 0 spiro atoms. The minimum absolute atomic E-state index is 0.0838. The second kappa shape index (κ2) is 7.79. The summed E-state index contributed by atoms with van der Waals surface area (Å²) >= 11 is 0. The summed E-state index contributed by atoms with van der Waals surface area (Å²) in [5.41, 5.74) is 1.96. The molecule has 0 bridgehead atoms. The molecule has 2 aromatic carbocycles. The van der Waals surface area contributed by atoms with Gasteiger partial charge in [-0.3, -0.25) is 9.36 Å². The first-order chi connectivity index (χ1) is 12.6. The largest absolute Gasteiger partial charge is 0.508 e. The average molecular weight is 352 g/mol. The van der Waals surface area contributed by atoms with E-state index in [2.05, 4.69) is 10.2 Å². The monoisotopic (exact) mass is 352 g/mol. The van der Waals surface area contributed by atoms with Crippen LogP contribution in [0.4, 0.5) is 0 Å². The fraction of sp³-hybridized carbons (Fsp3) is 0.211. The highest BCUT2D eigenvalue weighted by atomic mass is 16.3. The van der Waals surface area contributed by atoms with Crippen molar-refractivity contribution in [1.29, 1.82) is 0 Å². The van der Waals surface area contributed by atoms with E-state index >= 15 is 0 Å². The molecule has 1 heterocycles. The number of benzene rings is 2. The first-order valence-electron chi connectivity index (χ1n) is 8.30. The van der Waals surface area contributed by atoms with Crippen LogP contribution in [0.5, 0.6) is 5.75 Å². The van der Waals surface area contributed by atoms with Gasteiger partial charge in [0.15, 0.2) is 0 Å². The Morgan fingerprint density at radius 2 is 1.85 bits per heavy atom. The fourth-order valence-electron chi connectivity index (χ4n) is 2.69. The van der Waals surface area contributed by atoms with Crippen molar-refractivity contribution in [2.45, 2.75) is 13.0 Å². The molecule has 26 heavy (non-hydrogen) atoms. The molecule has 3 aromatic rings. The molecule has 0 saturated heterocycles. The predicted molar refractivity (Wildman–Crippen MR) is 96.0 cm³/mol. The van der Waals surface area contributed by atoms with E-state index in [1.165, 1.54) is 12.1 Å². The number of likely N-dealkylation sites (N-methyl/N-ethyl adjacent to an activating group) is 1. The number of nitrogens with zero attached hydrogens (tertiary/aromatic N) is 4. The van der Waals surface area contributed by atoms with Crippen LogP contribution in [0.1, 0.15) is 28.9 Å². The van der Waals surface area contributed by atoms with E-state index in [0.29, 0.717) is 17.7 Å². The Balaban J connectivity index is 1.72. The molecule has 3 rings (SSSR count). The Bertz CT molecular complexity index is 863. The van der Waals surface area contributed by atoms with Crippen molar-refractivity contribution in [3.05, 3.63) is 72.3 Å². The summed E-state index contributed by atoms with van der Waals surface area (Å²) in [5.74, 6) is -0.0810. The molecule has 0 aliphatic heterocycles. The lowest BCUT2D eigenvalue weighted by molar-refractivity contribution is 0.0635. The van der Waals surface area contributed by atoms with Gasteiger partial charge in [-0.1, -0.05) is 12.1 Å². The molecular formula is C19H20N4O3. The molecule has 1 amide bonds. The summed E-state index contributed by atoms with van der Waals surface area (Å²) in [6.07, 6.45) is 2.30. The van der Waals surface area contributed by atoms with Gasteiger partial charge in [0.1, 0.15) is 18.4 Å². The van der Waals surface area contributed by atoms with Crippen molar-refractivity contribution in [1.82, 2.24) is 19.7 Å². The summed E-state index contributed by atoms with van der Waals surface area (Å²) in [4.78, 5) is 14.3. The lowest BCUT2D eigenvalue weighted by atomic mass is 10.1. The van der Waals surface area contributed by atoms with Crippen molar-refractivity contribution in [2.75, 3.05) is 13.1 Å². The Labute approximate surface area is 151 Å². The van der Waals surface area contributed by atoms with E-state index in [1.54, 1.807) is 46.4 Å². The highest BCUT2D eigenvalue weighted by molar-refractivity contribution is 5.94. The summed E-state index contributed by atoms with van der Waals surface area (Å²) in [5, 5.41) is 27.4. The van der Waals surface area contributed by atoms with Crippen LogP contribution in [0.25, 0.3) is 5.69 Å². The smallest absolute Gasteiger partial charge is 0.253 e. The number of carbonyl (C=O) groups excluding carboxylic acids is 1. The Kier molecular flexibility index (Phi) is 5.28. The third kappa shape index (κ3) is 3.89. The normalized spacial score (nSPS) is 11.9. The van der Waals surface area contributed by atoms with Gasteiger partial charge in [-0.2, -0.15) is 0 Å². The van der Waals surface area contributed by atoms with Crippen molar-refractivity contribution in [3.63, 3.8) is 0 Å².